The molecule has 1 N–H and O–H groups in total. The number of nitrogens with one attached hydrogen (secondary N) is 1. The zero-order valence-electron chi connectivity index (χ0n) is 13.0. The van der Waals surface area contributed by atoms with Crippen molar-refractivity contribution in [3.8, 4) is 0 Å². The molecule has 0 aliphatic rings. The van der Waals surface area contributed by atoms with E-state index in [1.807, 2.05) is 32.6 Å². The first kappa shape index (κ1) is 14.4. The maximum absolute atomic E-state index is 4.21. The van der Waals surface area contributed by atoms with Crippen LogP contribution in [0.4, 0.5) is 11.4 Å². The Bertz CT molecular complexity index is 580. The normalized spacial score (nSPS) is 10.4. The van der Waals surface area contributed by atoms with Gasteiger partial charge in [0, 0.05) is 26.8 Å². The molecule has 0 aliphatic carbocycles. The second kappa shape index (κ2) is 5.95. The molecule has 0 aliphatic heterocycles. The van der Waals surface area contributed by atoms with E-state index in [4.69, 9.17) is 0 Å². The first-order valence-corrected chi connectivity index (χ1v) is 6.91. The van der Waals surface area contributed by atoms with Crippen LogP contribution < -0.4 is 10.2 Å². The van der Waals surface area contributed by atoms with Crippen LogP contribution >= 0.6 is 0 Å². The molecule has 0 amide bonds. The highest BCUT2D eigenvalue weighted by Gasteiger charge is 2.07. The van der Waals surface area contributed by atoms with Crippen molar-refractivity contribution in [2.45, 2.75) is 27.3 Å². The first-order valence-electron chi connectivity index (χ1n) is 6.91. The van der Waals surface area contributed by atoms with Gasteiger partial charge in [0.15, 0.2) is 0 Å². The van der Waals surface area contributed by atoms with Crippen LogP contribution in [0.15, 0.2) is 30.6 Å². The molecule has 2 aromatic rings. The highest BCUT2D eigenvalue weighted by Crippen LogP contribution is 2.24. The van der Waals surface area contributed by atoms with E-state index in [1.54, 1.807) is 0 Å². The molecule has 1 heterocycles. The molecule has 2 rings (SSSR count). The Hall–Kier alpha value is -2.03. The van der Waals surface area contributed by atoms with E-state index in [-0.39, 0.29) is 0 Å². The topological polar surface area (TPSA) is 28.2 Å². The number of pyridine rings is 1. The van der Waals surface area contributed by atoms with E-state index < -0.39 is 0 Å². The van der Waals surface area contributed by atoms with Crippen LogP contribution in [0, 0.1) is 20.8 Å². The summed E-state index contributed by atoms with van der Waals surface area (Å²) in [4.78, 5) is 6.31. The third-order valence-corrected chi connectivity index (χ3v) is 3.58. The number of benzene rings is 1. The van der Waals surface area contributed by atoms with E-state index in [2.05, 4.69) is 48.1 Å². The Morgan fingerprint density at radius 2 is 1.75 bits per heavy atom. The summed E-state index contributed by atoms with van der Waals surface area (Å²) in [6, 6.07) is 6.50. The zero-order valence-corrected chi connectivity index (χ0v) is 13.0. The fourth-order valence-corrected chi connectivity index (χ4v) is 2.59. The lowest BCUT2D eigenvalue weighted by atomic mass is 10.00. The Kier molecular flexibility index (Phi) is 4.28. The van der Waals surface area contributed by atoms with E-state index in [0.717, 1.165) is 17.9 Å². The van der Waals surface area contributed by atoms with Gasteiger partial charge in [-0.3, -0.25) is 4.98 Å². The maximum atomic E-state index is 4.21. The summed E-state index contributed by atoms with van der Waals surface area (Å²) in [7, 11) is 4.09. The molecular formula is C17H23N3. The molecule has 20 heavy (non-hydrogen) atoms. The van der Waals surface area contributed by atoms with Crippen molar-refractivity contribution in [3.05, 3.63) is 52.8 Å². The van der Waals surface area contributed by atoms with Crippen LogP contribution in [-0.2, 0) is 6.54 Å². The van der Waals surface area contributed by atoms with Gasteiger partial charge in [0.25, 0.3) is 0 Å². The van der Waals surface area contributed by atoms with Crippen molar-refractivity contribution < 1.29 is 0 Å². The summed E-state index contributed by atoms with van der Waals surface area (Å²) in [5.74, 6) is 0. The summed E-state index contributed by atoms with van der Waals surface area (Å²) in [6.45, 7) is 7.31. The number of anilines is 2. The summed E-state index contributed by atoms with van der Waals surface area (Å²) >= 11 is 0. The van der Waals surface area contributed by atoms with Gasteiger partial charge in [0.2, 0.25) is 0 Å². The van der Waals surface area contributed by atoms with Gasteiger partial charge in [-0.05, 0) is 43.5 Å². The number of aromatic nitrogens is 1. The standard InChI is InChI=1S/C17H23N3/c1-12-8-13(2)15(14(3)9-12)10-19-16-11-18-7-6-17(16)20(4)5/h6-9,11,19H,10H2,1-5H3. The Labute approximate surface area is 121 Å². The molecule has 0 radical (unpaired) electrons. The Morgan fingerprint density at radius 1 is 1.10 bits per heavy atom. The second-order valence-electron chi connectivity index (χ2n) is 5.52. The molecule has 0 unspecified atom stereocenters. The lowest BCUT2D eigenvalue weighted by Crippen LogP contribution is -2.13. The quantitative estimate of drug-likeness (QED) is 0.917. The smallest absolute Gasteiger partial charge is 0.0766 e. The van der Waals surface area contributed by atoms with Gasteiger partial charge in [0.1, 0.15) is 0 Å². The highest BCUT2D eigenvalue weighted by molar-refractivity contribution is 5.68. The van der Waals surface area contributed by atoms with Crippen LogP contribution in [0.3, 0.4) is 0 Å². The average molecular weight is 269 g/mol. The Morgan fingerprint density at radius 3 is 2.35 bits per heavy atom. The van der Waals surface area contributed by atoms with E-state index >= 15 is 0 Å². The molecule has 1 aromatic heterocycles. The minimum Gasteiger partial charge on any atom is -0.378 e. The fraction of sp³-hybridized carbons (Fsp3) is 0.353. The molecule has 0 atom stereocenters. The van der Waals surface area contributed by atoms with Crippen LogP contribution in [0.5, 0.6) is 0 Å². The lowest BCUT2D eigenvalue weighted by molar-refractivity contribution is 1.06. The third kappa shape index (κ3) is 3.10. The summed E-state index contributed by atoms with van der Waals surface area (Å²) in [5.41, 5.74) is 7.58. The van der Waals surface area contributed by atoms with E-state index in [1.165, 1.54) is 22.3 Å². The van der Waals surface area contributed by atoms with Gasteiger partial charge < -0.3 is 10.2 Å². The highest BCUT2D eigenvalue weighted by atomic mass is 15.1. The van der Waals surface area contributed by atoms with Crippen molar-refractivity contribution in [2.24, 2.45) is 0 Å². The largest absolute Gasteiger partial charge is 0.378 e. The van der Waals surface area contributed by atoms with E-state index in [9.17, 15) is 0 Å². The van der Waals surface area contributed by atoms with E-state index in [0.29, 0.717) is 0 Å². The summed E-state index contributed by atoms with van der Waals surface area (Å²) < 4.78 is 0. The predicted molar refractivity (Wildman–Crippen MR) is 86.5 cm³/mol. The van der Waals surface area contributed by atoms with Crippen molar-refractivity contribution in [1.82, 2.24) is 4.98 Å². The van der Waals surface area contributed by atoms with Gasteiger partial charge in [-0.15, -0.1) is 0 Å². The minimum atomic E-state index is 0.824. The van der Waals surface area contributed by atoms with Gasteiger partial charge in [-0.1, -0.05) is 17.7 Å². The van der Waals surface area contributed by atoms with Crippen LogP contribution in [0.1, 0.15) is 22.3 Å². The number of hydrogen-bond acceptors (Lipinski definition) is 3. The van der Waals surface area contributed by atoms with Crippen molar-refractivity contribution in [2.75, 3.05) is 24.3 Å². The van der Waals surface area contributed by atoms with Crippen molar-refractivity contribution in [3.63, 3.8) is 0 Å². The summed E-state index contributed by atoms with van der Waals surface area (Å²) in [6.07, 6.45) is 3.71. The average Bonchev–Trinajstić information content (AvgIpc) is 2.37. The van der Waals surface area contributed by atoms with Gasteiger partial charge >= 0.3 is 0 Å². The first-order chi connectivity index (χ1) is 9.49. The minimum absolute atomic E-state index is 0.824. The van der Waals surface area contributed by atoms with Crippen molar-refractivity contribution in [1.29, 1.82) is 0 Å². The van der Waals surface area contributed by atoms with Gasteiger partial charge in [-0.25, -0.2) is 0 Å². The third-order valence-electron chi connectivity index (χ3n) is 3.58. The lowest BCUT2D eigenvalue weighted by Gasteiger charge is -2.19. The van der Waals surface area contributed by atoms with Crippen molar-refractivity contribution >= 4 is 11.4 Å². The second-order valence-corrected chi connectivity index (χ2v) is 5.52. The van der Waals surface area contributed by atoms with Crippen LogP contribution in [0.2, 0.25) is 0 Å². The monoisotopic (exact) mass is 269 g/mol. The molecule has 1 aromatic carbocycles. The number of aryl methyl sites for hydroxylation is 3. The van der Waals surface area contributed by atoms with Crippen LogP contribution in [-0.4, -0.2) is 19.1 Å². The molecule has 3 heteroatoms. The summed E-state index contributed by atoms with van der Waals surface area (Å²) in [5, 5.41) is 3.51. The maximum Gasteiger partial charge on any atom is 0.0766 e. The SMILES string of the molecule is Cc1cc(C)c(CNc2cnccc2N(C)C)c(C)c1. The fourth-order valence-electron chi connectivity index (χ4n) is 2.59. The predicted octanol–water partition coefficient (Wildman–Crippen LogP) is 3.68. The zero-order chi connectivity index (χ0) is 14.7. The molecule has 3 nitrogen and oxygen atoms in total. The molecular weight excluding hydrogens is 246 g/mol. The molecule has 106 valence electrons. The molecule has 0 spiro atoms. The molecule has 0 saturated heterocycles. The van der Waals surface area contributed by atoms with Crippen LogP contribution in [0.25, 0.3) is 0 Å². The molecule has 0 saturated carbocycles. The molecule has 0 bridgehead atoms. The number of nitrogens with zero attached hydrogens (tertiary/aromatic N) is 2. The number of rotatable bonds is 4. The Balaban J connectivity index is 2.22. The number of hydrogen-bond donors (Lipinski definition) is 1. The molecule has 0 fully saturated rings. The van der Waals surface area contributed by atoms with Gasteiger partial charge in [-0.2, -0.15) is 0 Å². The van der Waals surface area contributed by atoms with Gasteiger partial charge in [0.05, 0.1) is 17.6 Å².